The molecule has 0 aliphatic carbocycles. The fraction of sp³-hybridized carbons (Fsp3) is 0.364. The third-order valence-corrected chi connectivity index (χ3v) is 1.25. The number of rotatable bonds is 3. The van der Waals surface area contributed by atoms with Crippen molar-refractivity contribution in [2.75, 3.05) is 0 Å². The summed E-state index contributed by atoms with van der Waals surface area (Å²) in [7, 11) is 0. The standard InChI is InChI=1S/C11H17N/c1-6-7-8-11(9(2)3)12-10(4)5/h6-8H,1H2,2-5H3/b8-7-. The molecule has 0 aromatic heterocycles. The molecule has 0 bridgehead atoms. The fourth-order valence-electron chi connectivity index (χ4n) is 0.716. The maximum atomic E-state index is 4.38. The summed E-state index contributed by atoms with van der Waals surface area (Å²) in [6, 6.07) is 0. The van der Waals surface area contributed by atoms with E-state index in [0.717, 1.165) is 11.4 Å². The number of allylic oxidation sites excluding steroid dienone is 4. The van der Waals surface area contributed by atoms with Gasteiger partial charge in [-0.05, 0) is 33.8 Å². The number of hydrogen-bond acceptors (Lipinski definition) is 1. The predicted octanol–water partition coefficient (Wildman–Crippen LogP) is 3.50. The van der Waals surface area contributed by atoms with Crippen molar-refractivity contribution >= 4 is 5.71 Å². The predicted molar refractivity (Wildman–Crippen MR) is 56.5 cm³/mol. The molecule has 0 aliphatic heterocycles. The lowest BCUT2D eigenvalue weighted by Gasteiger charge is -1.98. The molecule has 0 amide bonds. The van der Waals surface area contributed by atoms with E-state index in [2.05, 4.69) is 25.4 Å². The first-order chi connectivity index (χ1) is 5.57. The lowest BCUT2D eigenvalue weighted by Crippen LogP contribution is -1.84. The monoisotopic (exact) mass is 163 g/mol. The molecule has 0 atom stereocenters. The zero-order valence-electron chi connectivity index (χ0n) is 8.39. The fourth-order valence-corrected chi connectivity index (χ4v) is 0.716. The van der Waals surface area contributed by atoms with Gasteiger partial charge in [0.15, 0.2) is 0 Å². The van der Waals surface area contributed by atoms with E-state index in [4.69, 9.17) is 0 Å². The molecule has 66 valence electrons. The van der Waals surface area contributed by atoms with Gasteiger partial charge in [-0.3, -0.25) is 4.99 Å². The maximum absolute atomic E-state index is 4.38. The lowest BCUT2D eigenvalue weighted by atomic mass is 10.2. The van der Waals surface area contributed by atoms with Gasteiger partial charge in [0.1, 0.15) is 0 Å². The zero-order valence-corrected chi connectivity index (χ0v) is 8.39. The minimum Gasteiger partial charge on any atom is -0.259 e. The highest BCUT2D eigenvalue weighted by Gasteiger charge is 1.90. The van der Waals surface area contributed by atoms with Crippen LogP contribution in [0.1, 0.15) is 27.7 Å². The Hall–Kier alpha value is -1.11. The second-order valence-electron chi connectivity index (χ2n) is 3.04. The van der Waals surface area contributed by atoms with Crippen LogP contribution in [0.5, 0.6) is 0 Å². The Morgan fingerprint density at radius 2 is 1.75 bits per heavy atom. The van der Waals surface area contributed by atoms with Crippen molar-refractivity contribution < 1.29 is 0 Å². The van der Waals surface area contributed by atoms with Crippen LogP contribution in [0.25, 0.3) is 0 Å². The Bertz CT molecular complexity index is 234. The van der Waals surface area contributed by atoms with Crippen LogP contribution in [0.4, 0.5) is 0 Å². The second-order valence-corrected chi connectivity index (χ2v) is 3.04. The minimum atomic E-state index is 1.02. The van der Waals surface area contributed by atoms with Gasteiger partial charge in [-0.25, -0.2) is 0 Å². The maximum Gasteiger partial charge on any atom is 0.0615 e. The van der Waals surface area contributed by atoms with E-state index in [1.54, 1.807) is 6.08 Å². The van der Waals surface area contributed by atoms with E-state index >= 15 is 0 Å². The summed E-state index contributed by atoms with van der Waals surface area (Å²) in [6.45, 7) is 11.7. The Kier molecular flexibility index (Phi) is 5.02. The Labute approximate surface area is 75.2 Å². The lowest BCUT2D eigenvalue weighted by molar-refractivity contribution is 1.24. The smallest absolute Gasteiger partial charge is 0.0615 e. The van der Waals surface area contributed by atoms with Crippen molar-refractivity contribution in [1.29, 1.82) is 0 Å². The number of aliphatic imine (C=N–C) groups is 1. The molecular formula is C11H17N. The topological polar surface area (TPSA) is 12.4 Å². The van der Waals surface area contributed by atoms with E-state index in [1.165, 1.54) is 5.57 Å². The van der Waals surface area contributed by atoms with Gasteiger partial charge < -0.3 is 0 Å². The molecule has 12 heavy (non-hydrogen) atoms. The van der Waals surface area contributed by atoms with Crippen LogP contribution in [0.15, 0.2) is 41.1 Å². The third-order valence-electron chi connectivity index (χ3n) is 1.25. The molecule has 1 nitrogen and oxygen atoms in total. The Balaban J connectivity index is 4.71. The average molecular weight is 163 g/mol. The van der Waals surface area contributed by atoms with Crippen molar-refractivity contribution in [2.45, 2.75) is 27.7 Å². The summed E-state index contributed by atoms with van der Waals surface area (Å²) in [4.78, 5) is 4.38. The number of hydrogen-bond donors (Lipinski definition) is 0. The van der Waals surface area contributed by atoms with Gasteiger partial charge >= 0.3 is 0 Å². The van der Waals surface area contributed by atoms with Crippen molar-refractivity contribution in [3.05, 3.63) is 36.1 Å². The average Bonchev–Trinajstić information content (AvgIpc) is 1.96. The first kappa shape index (κ1) is 10.9. The molecule has 0 N–H and O–H groups in total. The van der Waals surface area contributed by atoms with E-state index in [9.17, 15) is 0 Å². The summed E-state index contributed by atoms with van der Waals surface area (Å²) in [6.07, 6.45) is 5.62. The summed E-state index contributed by atoms with van der Waals surface area (Å²) in [5.74, 6) is 0. The molecule has 0 heterocycles. The SMILES string of the molecule is C=C/C=C\C(N=C(C)C)=C(C)C. The molecule has 0 unspecified atom stereocenters. The van der Waals surface area contributed by atoms with Crippen LogP contribution in [0, 0.1) is 0 Å². The highest BCUT2D eigenvalue weighted by Crippen LogP contribution is 2.07. The van der Waals surface area contributed by atoms with Crippen LogP contribution in [-0.2, 0) is 0 Å². The van der Waals surface area contributed by atoms with Gasteiger partial charge in [-0.2, -0.15) is 0 Å². The molecule has 0 aromatic carbocycles. The molecule has 0 radical (unpaired) electrons. The summed E-state index contributed by atoms with van der Waals surface area (Å²) >= 11 is 0. The first-order valence-corrected chi connectivity index (χ1v) is 4.06. The van der Waals surface area contributed by atoms with Gasteiger partial charge in [-0.1, -0.05) is 24.3 Å². The molecular weight excluding hydrogens is 146 g/mol. The van der Waals surface area contributed by atoms with Gasteiger partial charge in [0.2, 0.25) is 0 Å². The van der Waals surface area contributed by atoms with E-state index in [0.29, 0.717) is 0 Å². The summed E-state index contributed by atoms with van der Waals surface area (Å²) in [5.41, 5.74) is 3.31. The van der Waals surface area contributed by atoms with Crippen molar-refractivity contribution in [2.24, 2.45) is 4.99 Å². The largest absolute Gasteiger partial charge is 0.259 e. The van der Waals surface area contributed by atoms with Gasteiger partial charge in [0, 0.05) is 5.71 Å². The van der Waals surface area contributed by atoms with Crippen LogP contribution in [0.2, 0.25) is 0 Å². The van der Waals surface area contributed by atoms with Crippen molar-refractivity contribution in [3.63, 3.8) is 0 Å². The van der Waals surface area contributed by atoms with Crippen LogP contribution < -0.4 is 0 Å². The third kappa shape index (κ3) is 4.67. The van der Waals surface area contributed by atoms with Crippen LogP contribution in [0.3, 0.4) is 0 Å². The second kappa shape index (κ2) is 5.53. The molecule has 1 heteroatoms. The van der Waals surface area contributed by atoms with E-state index in [-0.39, 0.29) is 0 Å². The zero-order chi connectivity index (χ0) is 9.56. The van der Waals surface area contributed by atoms with E-state index < -0.39 is 0 Å². The molecule has 0 spiro atoms. The highest BCUT2D eigenvalue weighted by molar-refractivity contribution is 5.80. The molecule has 0 fully saturated rings. The Morgan fingerprint density at radius 1 is 1.17 bits per heavy atom. The Morgan fingerprint density at radius 3 is 2.08 bits per heavy atom. The normalized spacial score (nSPS) is 9.67. The quantitative estimate of drug-likeness (QED) is 0.446. The van der Waals surface area contributed by atoms with Crippen molar-refractivity contribution in [3.8, 4) is 0 Å². The molecule has 0 rings (SSSR count). The molecule has 0 aliphatic rings. The highest BCUT2D eigenvalue weighted by atomic mass is 14.7. The van der Waals surface area contributed by atoms with Gasteiger partial charge in [-0.15, -0.1) is 0 Å². The first-order valence-electron chi connectivity index (χ1n) is 4.06. The van der Waals surface area contributed by atoms with Gasteiger partial charge in [0.25, 0.3) is 0 Å². The van der Waals surface area contributed by atoms with Crippen LogP contribution >= 0.6 is 0 Å². The molecule has 0 saturated heterocycles. The van der Waals surface area contributed by atoms with E-state index in [1.807, 2.05) is 26.0 Å². The van der Waals surface area contributed by atoms with Gasteiger partial charge in [0.05, 0.1) is 5.70 Å². The molecule has 0 aromatic rings. The summed E-state index contributed by atoms with van der Waals surface area (Å²) < 4.78 is 0. The number of nitrogens with zero attached hydrogens (tertiary/aromatic N) is 1. The summed E-state index contributed by atoms with van der Waals surface area (Å²) in [5, 5.41) is 0. The van der Waals surface area contributed by atoms with Crippen LogP contribution in [-0.4, -0.2) is 5.71 Å². The molecule has 0 saturated carbocycles. The van der Waals surface area contributed by atoms with Crippen molar-refractivity contribution in [1.82, 2.24) is 0 Å². The minimum absolute atomic E-state index is 1.02.